The predicted octanol–water partition coefficient (Wildman–Crippen LogP) is 1.58. The van der Waals surface area contributed by atoms with Crippen LogP contribution in [0.3, 0.4) is 0 Å². The van der Waals surface area contributed by atoms with Gasteiger partial charge in [-0.25, -0.2) is 14.6 Å². The number of hydrogen-bond acceptors (Lipinski definition) is 5. The van der Waals surface area contributed by atoms with Crippen LogP contribution in [0.4, 0.5) is 0 Å². The highest BCUT2D eigenvalue weighted by Gasteiger charge is 2.16. The molecule has 0 radical (unpaired) electrons. The molecule has 1 fully saturated rings. The van der Waals surface area contributed by atoms with Gasteiger partial charge in [0.25, 0.3) is 0 Å². The van der Waals surface area contributed by atoms with E-state index in [4.69, 9.17) is 14.7 Å². The van der Waals surface area contributed by atoms with Crippen molar-refractivity contribution in [3.05, 3.63) is 30.0 Å². The van der Waals surface area contributed by atoms with Crippen molar-refractivity contribution < 1.29 is 4.74 Å². The standard InChI is InChI=1S/C15H17N5O/c1-11-14-15(17-13-5-3-2-4-12(13)16-14)20(18-11)10-19-6-8-21-9-7-19/h2-5H,6-10H2,1H3. The van der Waals surface area contributed by atoms with E-state index in [1.807, 2.05) is 35.9 Å². The summed E-state index contributed by atoms with van der Waals surface area (Å²) in [6.07, 6.45) is 0. The lowest BCUT2D eigenvalue weighted by Crippen LogP contribution is -2.37. The minimum Gasteiger partial charge on any atom is -0.379 e. The number of hydrogen-bond donors (Lipinski definition) is 0. The van der Waals surface area contributed by atoms with Gasteiger partial charge in [-0.15, -0.1) is 0 Å². The Hall–Kier alpha value is -2.05. The molecule has 6 nitrogen and oxygen atoms in total. The summed E-state index contributed by atoms with van der Waals surface area (Å²) in [5.74, 6) is 0. The Balaban J connectivity index is 1.79. The van der Waals surface area contributed by atoms with Gasteiger partial charge in [0.05, 0.1) is 36.6 Å². The van der Waals surface area contributed by atoms with Crippen LogP contribution in [0.5, 0.6) is 0 Å². The van der Waals surface area contributed by atoms with Crippen LogP contribution < -0.4 is 0 Å². The van der Waals surface area contributed by atoms with Crippen LogP contribution in [0.15, 0.2) is 24.3 Å². The Morgan fingerprint density at radius 2 is 1.81 bits per heavy atom. The fourth-order valence-electron chi connectivity index (χ4n) is 2.72. The fraction of sp³-hybridized carbons (Fsp3) is 0.400. The zero-order valence-corrected chi connectivity index (χ0v) is 12.0. The first kappa shape index (κ1) is 12.7. The molecule has 108 valence electrons. The number of rotatable bonds is 2. The molecule has 3 aromatic rings. The van der Waals surface area contributed by atoms with Crippen molar-refractivity contribution >= 4 is 22.2 Å². The molecule has 0 N–H and O–H groups in total. The minimum absolute atomic E-state index is 0.737. The largest absolute Gasteiger partial charge is 0.379 e. The average molecular weight is 283 g/mol. The second-order valence-corrected chi connectivity index (χ2v) is 5.34. The summed E-state index contributed by atoms with van der Waals surface area (Å²) in [7, 11) is 0. The number of para-hydroxylation sites is 2. The van der Waals surface area contributed by atoms with Crippen molar-refractivity contribution in [3.8, 4) is 0 Å². The second-order valence-electron chi connectivity index (χ2n) is 5.34. The third-order valence-corrected chi connectivity index (χ3v) is 3.85. The molecule has 1 saturated heterocycles. The first-order chi connectivity index (χ1) is 10.3. The van der Waals surface area contributed by atoms with Crippen molar-refractivity contribution in [1.82, 2.24) is 24.6 Å². The molecule has 1 aliphatic rings. The first-order valence-electron chi connectivity index (χ1n) is 7.21. The monoisotopic (exact) mass is 283 g/mol. The maximum Gasteiger partial charge on any atom is 0.178 e. The Bertz CT molecular complexity index is 791. The quantitative estimate of drug-likeness (QED) is 0.714. The number of ether oxygens (including phenoxy) is 1. The highest BCUT2D eigenvalue weighted by molar-refractivity contribution is 5.85. The molecule has 1 aliphatic heterocycles. The Morgan fingerprint density at radius 1 is 1.10 bits per heavy atom. The highest BCUT2D eigenvalue weighted by Crippen LogP contribution is 2.19. The number of fused-ring (bicyclic) bond motifs is 2. The maximum absolute atomic E-state index is 5.39. The summed E-state index contributed by atoms with van der Waals surface area (Å²) in [6, 6.07) is 7.94. The van der Waals surface area contributed by atoms with Gasteiger partial charge in [-0.05, 0) is 19.1 Å². The number of nitrogens with zero attached hydrogens (tertiary/aromatic N) is 5. The molecule has 0 bridgehead atoms. The van der Waals surface area contributed by atoms with E-state index < -0.39 is 0 Å². The third-order valence-electron chi connectivity index (χ3n) is 3.85. The summed E-state index contributed by atoms with van der Waals surface area (Å²) in [5, 5.41) is 4.62. The maximum atomic E-state index is 5.39. The Labute approximate surface area is 122 Å². The van der Waals surface area contributed by atoms with Crippen molar-refractivity contribution in [1.29, 1.82) is 0 Å². The minimum atomic E-state index is 0.737. The van der Waals surface area contributed by atoms with Crippen LogP contribution in [0, 0.1) is 6.92 Å². The molecule has 21 heavy (non-hydrogen) atoms. The number of aryl methyl sites for hydroxylation is 1. The van der Waals surface area contributed by atoms with Gasteiger partial charge in [0.15, 0.2) is 5.65 Å². The third kappa shape index (κ3) is 2.26. The lowest BCUT2D eigenvalue weighted by atomic mass is 10.3. The molecule has 2 aromatic heterocycles. The number of benzene rings is 1. The molecule has 0 spiro atoms. The van der Waals surface area contributed by atoms with E-state index in [1.165, 1.54) is 0 Å². The molecule has 6 heteroatoms. The summed E-state index contributed by atoms with van der Waals surface area (Å²) >= 11 is 0. The molecule has 0 atom stereocenters. The van der Waals surface area contributed by atoms with Crippen LogP contribution in [0.2, 0.25) is 0 Å². The van der Waals surface area contributed by atoms with Gasteiger partial charge < -0.3 is 4.74 Å². The molecule has 1 aromatic carbocycles. The molecule has 0 amide bonds. The van der Waals surface area contributed by atoms with Crippen LogP contribution in [0.25, 0.3) is 22.2 Å². The molecular weight excluding hydrogens is 266 g/mol. The summed E-state index contributed by atoms with van der Waals surface area (Å²) in [4.78, 5) is 11.8. The van der Waals surface area contributed by atoms with Gasteiger partial charge >= 0.3 is 0 Å². The van der Waals surface area contributed by atoms with Gasteiger partial charge in [0.1, 0.15) is 5.52 Å². The average Bonchev–Trinajstić information content (AvgIpc) is 2.82. The summed E-state index contributed by atoms with van der Waals surface area (Å²) < 4.78 is 7.34. The van der Waals surface area contributed by atoms with Gasteiger partial charge in [0, 0.05) is 13.1 Å². The molecule has 3 heterocycles. The van der Waals surface area contributed by atoms with Crippen LogP contribution in [0.1, 0.15) is 5.69 Å². The SMILES string of the molecule is Cc1nn(CN2CCOCC2)c2nc3ccccc3nc12. The van der Waals surface area contributed by atoms with Gasteiger partial charge in [0.2, 0.25) is 0 Å². The summed E-state index contributed by atoms with van der Waals surface area (Å²) in [5.41, 5.74) is 4.50. The molecule has 0 unspecified atom stereocenters. The van der Waals surface area contributed by atoms with Crippen LogP contribution >= 0.6 is 0 Å². The fourth-order valence-corrected chi connectivity index (χ4v) is 2.72. The highest BCUT2D eigenvalue weighted by atomic mass is 16.5. The zero-order chi connectivity index (χ0) is 14.2. The number of aromatic nitrogens is 4. The predicted molar refractivity (Wildman–Crippen MR) is 80.0 cm³/mol. The normalized spacial score (nSPS) is 16.8. The Kier molecular flexibility index (Phi) is 3.05. The van der Waals surface area contributed by atoms with E-state index in [0.29, 0.717) is 0 Å². The van der Waals surface area contributed by atoms with Crippen LogP contribution in [-0.4, -0.2) is 51.0 Å². The van der Waals surface area contributed by atoms with E-state index in [0.717, 1.165) is 60.9 Å². The smallest absolute Gasteiger partial charge is 0.178 e. The molecule has 0 aliphatic carbocycles. The second kappa shape index (κ2) is 5.05. The lowest BCUT2D eigenvalue weighted by Gasteiger charge is -2.26. The van der Waals surface area contributed by atoms with Gasteiger partial charge in [-0.2, -0.15) is 5.10 Å². The summed E-state index contributed by atoms with van der Waals surface area (Å²) in [6.45, 7) is 6.16. The Morgan fingerprint density at radius 3 is 2.57 bits per heavy atom. The van der Waals surface area contributed by atoms with Crippen molar-refractivity contribution in [2.75, 3.05) is 26.3 Å². The van der Waals surface area contributed by atoms with E-state index >= 15 is 0 Å². The van der Waals surface area contributed by atoms with Crippen molar-refractivity contribution in [3.63, 3.8) is 0 Å². The van der Waals surface area contributed by atoms with Gasteiger partial charge in [-0.1, -0.05) is 12.1 Å². The van der Waals surface area contributed by atoms with E-state index in [-0.39, 0.29) is 0 Å². The van der Waals surface area contributed by atoms with Crippen LogP contribution in [-0.2, 0) is 11.4 Å². The lowest BCUT2D eigenvalue weighted by molar-refractivity contribution is 0.0220. The van der Waals surface area contributed by atoms with Crippen molar-refractivity contribution in [2.45, 2.75) is 13.6 Å². The first-order valence-corrected chi connectivity index (χ1v) is 7.21. The van der Waals surface area contributed by atoms with E-state index in [2.05, 4.69) is 10.00 Å². The topological polar surface area (TPSA) is 56.1 Å². The molecule has 0 saturated carbocycles. The van der Waals surface area contributed by atoms with E-state index in [9.17, 15) is 0 Å². The van der Waals surface area contributed by atoms with Gasteiger partial charge in [-0.3, -0.25) is 4.90 Å². The molecule has 4 rings (SSSR count). The van der Waals surface area contributed by atoms with Crippen molar-refractivity contribution in [2.24, 2.45) is 0 Å². The molecular formula is C15H17N5O. The zero-order valence-electron chi connectivity index (χ0n) is 12.0. The van der Waals surface area contributed by atoms with E-state index in [1.54, 1.807) is 0 Å². The number of morpholine rings is 1.